The third-order valence-electron chi connectivity index (χ3n) is 3.90. The van der Waals surface area contributed by atoms with E-state index in [0.717, 1.165) is 5.39 Å². The fourth-order valence-corrected chi connectivity index (χ4v) is 2.60. The molecule has 1 N–H and O–H groups in total. The second-order valence-electron chi connectivity index (χ2n) is 5.47. The molecule has 0 fully saturated rings. The van der Waals surface area contributed by atoms with Gasteiger partial charge < -0.3 is 10.1 Å². The molecule has 3 aromatic rings. The summed E-state index contributed by atoms with van der Waals surface area (Å²) in [5.41, 5.74) is 1.80. The number of halogens is 1. The minimum Gasteiger partial charge on any atom is -0.494 e. The van der Waals surface area contributed by atoms with Crippen LogP contribution in [-0.4, -0.2) is 18.0 Å². The van der Waals surface area contributed by atoms with Gasteiger partial charge in [-0.15, -0.1) is 0 Å². The predicted octanol–water partition coefficient (Wildman–Crippen LogP) is 3.87. The van der Waals surface area contributed by atoms with Crippen molar-refractivity contribution >= 4 is 16.8 Å². The zero-order chi connectivity index (χ0) is 17.1. The number of pyridine rings is 1. The van der Waals surface area contributed by atoms with Crippen LogP contribution in [0.5, 0.6) is 5.75 Å². The highest BCUT2D eigenvalue weighted by atomic mass is 19.1. The van der Waals surface area contributed by atoms with Gasteiger partial charge in [0.15, 0.2) is 11.6 Å². The first kappa shape index (κ1) is 15.9. The van der Waals surface area contributed by atoms with E-state index < -0.39 is 5.82 Å². The first-order valence-electron chi connectivity index (χ1n) is 7.58. The molecule has 1 atom stereocenters. The molecule has 1 amide bonds. The van der Waals surface area contributed by atoms with E-state index in [9.17, 15) is 9.18 Å². The van der Waals surface area contributed by atoms with E-state index >= 15 is 0 Å². The Morgan fingerprint density at radius 2 is 2.00 bits per heavy atom. The Hall–Kier alpha value is -2.95. The molecule has 5 heteroatoms. The number of carbonyl (C=O) groups excluding carboxylic acids is 1. The van der Waals surface area contributed by atoms with Crippen LogP contribution in [0.15, 0.2) is 54.7 Å². The number of para-hydroxylation sites is 1. The van der Waals surface area contributed by atoms with Gasteiger partial charge in [0.1, 0.15) is 0 Å². The van der Waals surface area contributed by atoms with Crippen molar-refractivity contribution in [3.8, 4) is 5.75 Å². The molecule has 0 aliphatic heterocycles. The summed E-state index contributed by atoms with van der Waals surface area (Å²) >= 11 is 0. The smallest absolute Gasteiger partial charge is 0.253 e. The highest BCUT2D eigenvalue weighted by molar-refractivity contribution is 6.05. The van der Waals surface area contributed by atoms with Crippen LogP contribution in [0.2, 0.25) is 0 Å². The molecule has 0 radical (unpaired) electrons. The van der Waals surface area contributed by atoms with Crippen molar-refractivity contribution in [3.05, 3.63) is 71.7 Å². The minimum atomic E-state index is -0.456. The number of hydrogen-bond acceptors (Lipinski definition) is 3. The summed E-state index contributed by atoms with van der Waals surface area (Å²) < 4.78 is 18.7. The number of aromatic nitrogens is 1. The maximum Gasteiger partial charge on any atom is 0.253 e. The molecule has 0 spiro atoms. The molecule has 3 rings (SSSR count). The van der Waals surface area contributed by atoms with E-state index in [1.807, 2.05) is 24.3 Å². The summed E-state index contributed by atoms with van der Waals surface area (Å²) in [5.74, 6) is -0.526. The van der Waals surface area contributed by atoms with Gasteiger partial charge in [0.05, 0.1) is 24.2 Å². The molecule has 1 aromatic heterocycles. The van der Waals surface area contributed by atoms with Gasteiger partial charge >= 0.3 is 0 Å². The highest BCUT2D eigenvalue weighted by Gasteiger charge is 2.15. The molecule has 24 heavy (non-hydrogen) atoms. The lowest BCUT2D eigenvalue weighted by Crippen LogP contribution is -2.27. The Morgan fingerprint density at radius 1 is 1.21 bits per heavy atom. The van der Waals surface area contributed by atoms with Gasteiger partial charge in [0, 0.05) is 11.6 Å². The number of benzene rings is 2. The molecular formula is C19H17FN2O2. The number of rotatable bonds is 4. The lowest BCUT2D eigenvalue weighted by atomic mass is 10.1. The minimum absolute atomic E-state index is 0.176. The van der Waals surface area contributed by atoms with Crippen LogP contribution in [0.1, 0.15) is 28.9 Å². The van der Waals surface area contributed by atoms with Gasteiger partial charge in [-0.3, -0.25) is 9.78 Å². The van der Waals surface area contributed by atoms with Crippen molar-refractivity contribution in [3.63, 3.8) is 0 Å². The second kappa shape index (κ2) is 6.66. The molecule has 2 aromatic carbocycles. The Bertz CT molecular complexity index is 890. The predicted molar refractivity (Wildman–Crippen MR) is 90.6 cm³/mol. The molecule has 122 valence electrons. The van der Waals surface area contributed by atoms with E-state index in [1.54, 1.807) is 31.3 Å². The molecule has 1 heterocycles. The van der Waals surface area contributed by atoms with Crippen molar-refractivity contribution < 1.29 is 13.9 Å². The van der Waals surface area contributed by atoms with Gasteiger partial charge in [-0.05, 0) is 36.8 Å². The summed E-state index contributed by atoms with van der Waals surface area (Å²) in [6, 6.07) is 13.5. The van der Waals surface area contributed by atoms with Crippen molar-refractivity contribution in [2.24, 2.45) is 0 Å². The Morgan fingerprint density at radius 3 is 2.75 bits per heavy atom. The average Bonchev–Trinajstić information content (AvgIpc) is 2.61. The van der Waals surface area contributed by atoms with Crippen molar-refractivity contribution in [1.29, 1.82) is 0 Å². The topological polar surface area (TPSA) is 51.2 Å². The van der Waals surface area contributed by atoms with E-state index in [-0.39, 0.29) is 17.7 Å². The first-order chi connectivity index (χ1) is 11.6. The van der Waals surface area contributed by atoms with Gasteiger partial charge in [-0.25, -0.2) is 4.39 Å². The SMILES string of the molecule is COc1ccc([C@H](C)NC(=O)c2cccc3cccnc23)cc1F. The van der Waals surface area contributed by atoms with Crippen molar-refractivity contribution in [2.45, 2.75) is 13.0 Å². The Balaban J connectivity index is 1.84. The summed E-state index contributed by atoms with van der Waals surface area (Å²) in [6.07, 6.45) is 1.65. The van der Waals surface area contributed by atoms with Gasteiger partial charge in [-0.2, -0.15) is 0 Å². The molecule has 0 unspecified atom stereocenters. The molecule has 0 aliphatic rings. The largest absolute Gasteiger partial charge is 0.494 e. The van der Waals surface area contributed by atoms with Crippen LogP contribution < -0.4 is 10.1 Å². The number of carbonyl (C=O) groups is 1. The average molecular weight is 324 g/mol. The summed E-state index contributed by atoms with van der Waals surface area (Å²) in [7, 11) is 1.41. The van der Waals surface area contributed by atoms with Crippen LogP contribution in [0.4, 0.5) is 4.39 Å². The number of nitrogens with one attached hydrogen (secondary N) is 1. The first-order valence-corrected chi connectivity index (χ1v) is 7.58. The fourth-order valence-electron chi connectivity index (χ4n) is 2.60. The summed E-state index contributed by atoms with van der Waals surface area (Å²) in [5, 5.41) is 3.78. The maximum absolute atomic E-state index is 13.8. The lowest BCUT2D eigenvalue weighted by molar-refractivity contribution is 0.0941. The second-order valence-corrected chi connectivity index (χ2v) is 5.47. The van der Waals surface area contributed by atoms with Gasteiger partial charge in [0.25, 0.3) is 5.91 Å². The zero-order valence-corrected chi connectivity index (χ0v) is 13.4. The van der Waals surface area contributed by atoms with Crippen molar-refractivity contribution in [1.82, 2.24) is 10.3 Å². The number of ether oxygens (including phenoxy) is 1. The zero-order valence-electron chi connectivity index (χ0n) is 13.4. The lowest BCUT2D eigenvalue weighted by Gasteiger charge is -2.16. The fraction of sp³-hybridized carbons (Fsp3) is 0.158. The third kappa shape index (κ3) is 3.06. The standard InChI is InChI=1S/C19H17FN2O2/c1-12(14-8-9-17(24-2)16(20)11-14)22-19(23)15-7-3-5-13-6-4-10-21-18(13)15/h3-12H,1-2H3,(H,22,23)/t12-/m0/s1. The monoisotopic (exact) mass is 324 g/mol. The van der Waals surface area contributed by atoms with Crippen LogP contribution >= 0.6 is 0 Å². The van der Waals surface area contributed by atoms with E-state index in [0.29, 0.717) is 16.6 Å². The van der Waals surface area contributed by atoms with E-state index in [2.05, 4.69) is 10.3 Å². The molecule has 0 bridgehead atoms. The number of fused-ring (bicyclic) bond motifs is 1. The normalized spacial score (nSPS) is 12.0. The van der Waals surface area contributed by atoms with Gasteiger partial charge in [-0.1, -0.05) is 24.3 Å². The molecular weight excluding hydrogens is 307 g/mol. The Labute approximate surface area is 139 Å². The summed E-state index contributed by atoms with van der Waals surface area (Å²) in [4.78, 5) is 16.9. The third-order valence-corrected chi connectivity index (χ3v) is 3.90. The number of hydrogen-bond donors (Lipinski definition) is 1. The number of amides is 1. The van der Waals surface area contributed by atoms with E-state index in [1.165, 1.54) is 13.2 Å². The van der Waals surface area contributed by atoms with Gasteiger partial charge in [0.2, 0.25) is 0 Å². The molecule has 4 nitrogen and oxygen atoms in total. The quantitative estimate of drug-likeness (QED) is 0.792. The Kier molecular flexibility index (Phi) is 4.42. The van der Waals surface area contributed by atoms with E-state index in [4.69, 9.17) is 4.74 Å². The maximum atomic E-state index is 13.8. The number of nitrogens with zero attached hydrogens (tertiary/aromatic N) is 1. The molecule has 0 saturated heterocycles. The summed E-state index contributed by atoms with van der Waals surface area (Å²) in [6.45, 7) is 1.80. The van der Waals surface area contributed by atoms with Crippen molar-refractivity contribution in [2.75, 3.05) is 7.11 Å². The molecule has 0 saturated carbocycles. The number of methoxy groups -OCH3 is 1. The van der Waals surface area contributed by atoms with Crippen LogP contribution in [0.3, 0.4) is 0 Å². The molecule has 0 aliphatic carbocycles. The van der Waals surface area contributed by atoms with Crippen LogP contribution in [-0.2, 0) is 0 Å². The highest BCUT2D eigenvalue weighted by Crippen LogP contribution is 2.22. The van der Waals surface area contributed by atoms with Crippen LogP contribution in [0, 0.1) is 5.82 Å². The van der Waals surface area contributed by atoms with Crippen LogP contribution in [0.25, 0.3) is 10.9 Å².